The molecule has 5 heteroatoms. The summed E-state index contributed by atoms with van der Waals surface area (Å²) in [4.78, 5) is 17.8. The van der Waals surface area contributed by atoms with Crippen LogP contribution in [0.3, 0.4) is 0 Å². The molecule has 0 saturated carbocycles. The van der Waals surface area contributed by atoms with Crippen molar-refractivity contribution in [2.45, 2.75) is 12.8 Å². The van der Waals surface area contributed by atoms with Crippen molar-refractivity contribution in [3.8, 4) is 5.88 Å². The third-order valence-corrected chi connectivity index (χ3v) is 2.81. The van der Waals surface area contributed by atoms with Gasteiger partial charge in [0.2, 0.25) is 5.88 Å². The third-order valence-electron chi connectivity index (χ3n) is 2.62. The van der Waals surface area contributed by atoms with E-state index in [1.165, 1.54) is 7.11 Å². The zero-order valence-corrected chi connectivity index (χ0v) is 9.83. The molecule has 16 heavy (non-hydrogen) atoms. The van der Waals surface area contributed by atoms with Gasteiger partial charge < -0.3 is 9.64 Å². The molecule has 0 N–H and O–H groups in total. The molecule has 0 aliphatic carbocycles. The van der Waals surface area contributed by atoms with Crippen LogP contribution in [0.4, 0.5) is 0 Å². The molecule has 4 nitrogen and oxygen atoms in total. The molecule has 0 radical (unpaired) electrons. The number of hydrogen-bond donors (Lipinski definition) is 0. The highest BCUT2D eigenvalue weighted by molar-refractivity contribution is 6.29. The maximum Gasteiger partial charge on any atom is 0.254 e. The first-order chi connectivity index (χ1) is 7.70. The predicted octanol–water partition coefficient (Wildman–Crippen LogP) is 1.98. The molecule has 1 aliphatic rings. The Hall–Kier alpha value is -1.29. The molecule has 2 heterocycles. The molecule has 1 aliphatic heterocycles. The number of hydrogen-bond acceptors (Lipinski definition) is 3. The van der Waals surface area contributed by atoms with Gasteiger partial charge in [0.05, 0.1) is 7.11 Å². The van der Waals surface area contributed by atoms with Crippen LogP contribution in [0.5, 0.6) is 5.88 Å². The largest absolute Gasteiger partial charge is 0.481 e. The molecule has 2 rings (SSSR count). The Morgan fingerprint density at radius 3 is 2.75 bits per heavy atom. The van der Waals surface area contributed by atoms with Gasteiger partial charge in [0.15, 0.2) is 0 Å². The molecular weight excluding hydrogens is 228 g/mol. The highest BCUT2D eigenvalue weighted by Crippen LogP contribution is 2.19. The van der Waals surface area contributed by atoms with Gasteiger partial charge >= 0.3 is 0 Å². The lowest BCUT2D eigenvalue weighted by Crippen LogP contribution is -2.27. The SMILES string of the molecule is COc1cc(C(=O)N2CCCC2)cc(Cl)n1. The van der Waals surface area contributed by atoms with Crippen molar-refractivity contribution in [3.05, 3.63) is 22.8 Å². The second-order valence-corrected chi connectivity index (χ2v) is 4.11. The number of aromatic nitrogens is 1. The summed E-state index contributed by atoms with van der Waals surface area (Å²) in [6.07, 6.45) is 2.14. The summed E-state index contributed by atoms with van der Waals surface area (Å²) in [5, 5.41) is 0.280. The number of halogens is 1. The van der Waals surface area contributed by atoms with Gasteiger partial charge in [-0.15, -0.1) is 0 Å². The van der Waals surface area contributed by atoms with Gasteiger partial charge in [-0.05, 0) is 18.9 Å². The van der Waals surface area contributed by atoms with E-state index in [9.17, 15) is 4.79 Å². The lowest BCUT2D eigenvalue weighted by molar-refractivity contribution is 0.0792. The maximum absolute atomic E-state index is 12.1. The van der Waals surface area contributed by atoms with E-state index in [0.29, 0.717) is 11.4 Å². The van der Waals surface area contributed by atoms with E-state index >= 15 is 0 Å². The summed E-state index contributed by atoms with van der Waals surface area (Å²) < 4.78 is 4.98. The van der Waals surface area contributed by atoms with Crippen molar-refractivity contribution < 1.29 is 9.53 Å². The molecule has 0 spiro atoms. The van der Waals surface area contributed by atoms with Gasteiger partial charge in [-0.3, -0.25) is 4.79 Å². The Labute approximate surface area is 99.2 Å². The van der Waals surface area contributed by atoms with E-state index in [1.807, 2.05) is 4.90 Å². The highest BCUT2D eigenvalue weighted by atomic mass is 35.5. The number of pyridine rings is 1. The fraction of sp³-hybridized carbons (Fsp3) is 0.455. The Kier molecular flexibility index (Phi) is 3.29. The topological polar surface area (TPSA) is 42.4 Å². The summed E-state index contributed by atoms with van der Waals surface area (Å²) in [6.45, 7) is 1.64. The van der Waals surface area contributed by atoms with Crippen LogP contribution in [-0.4, -0.2) is 36.0 Å². The van der Waals surface area contributed by atoms with Crippen LogP contribution in [0.2, 0.25) is 5.15 Å². The van der Waals surface area contributed by atoms with Crippen molar-refractivity contribution >= 4 is 17.5 Å². The van der Waals surface area contributed by atoms with Crippen LogP contribution in [0.1, 0.15) is 23.2 Å². The number of methoxy groups -OCH3 is 1. The van der Waals surface area contributed by atoms with Gasteiger partial charge in [0, 0.05) is 24.7 Å². The summed E-state index contributed by atoms with van der Waals surface area (Å²) in [5.41, 5.74) is 0.541. The van der Waals surface area contributed by atoms with Crippen LogP contribution in [0, 0.1) is 0 Å². The van der Waals surface area contributed by atoms with Crippen LogP contribution in [-0.2, 0) is 0 Å². The number of amides is 1. The molecule has 1 fully saturated rings. The van der Waals surface area contributed by atoms with E-state index in [1.54, 1.807) is 12.1 Å². The van der Waals surface area contributed by atoms with Crippen molar-refractivity contribution in [2.75, 3.05) is 20.2 Å². The van der Waals surface area contributed by atoms with Crippen LogP contribution in [0.25, 0.3) is 0 Å². The number of rotatable bonds is 2. The lowest BCUT2D eigenvalue weighted by atomic mass is 10.2. The van der Waals surface area contributed by atoms with Gasteiger partial charge in [-0.2, -0.15) is 0 Å². The Bertz CT molecular complexity index is 403. The maximum atomic E-state index is 12.1. The number of ether oxygens (including phenoxy) is 1. The molecule has 1 aromatic heterocycles. The average Bonchev–Trinajstić information content (AvgIpc) is 2.80. The van der Waals surface area contributed by atoms with E-state index in [4.69, 9.17) is 16.3 Å². The average molecular weight is 241 g/mol. The zero-order valence-electron chi connectivity index (χ0n) is 9.07. The standard InChI is InChI=1S/C11H13ClN2O2/c1-16-10-7-8(6-9(12)13-10)11(15)14-4-2-3-5-14/h6-7H,2-5H2,1H3. The Balaban J connectivity index is 2.24. The molecular formula is C11H13ClN2O2. The van der Waals surface area contributed by atoms with Crippen molar-refractivity contribution in [3.63, 3.8) is 0 Å². The van der Waals surface area contributed by atoms with Crippen LogP contribution in [0.15, 0.2) is 12.1 Å². The van der Waals surface area contributed by atoms with Crippen LogP contribution < -0.4 is 4.74 Å². The first-order valence-electron chi connectivity index (χ1n) is 5.21. The minimum Gasteiger partial charge on any atom is -0.481 e. The van der Waals surface area contributed by atoms with Crippen molar-refractivity contribution in [1.82, 2.24) is 9.88 Å². The summed E-state index contributed by atoms with van der Waals surface area (Å²) in [7, 11) is 1.50. The van der Waals surface area contributed by atoms with Gasteiger partial charge in [0.25, 0.3) is 5.91 Å². The molecule has 1 amide bonds. The number of likely N-dealkylation sites (tertiary alicyclic amines) is 1. The fourth-order valence-electron chi connectivity index (χ4n) is 1.80. The molecule has 1 saturated heterocycles. The molecule has 0 atom stereocenters. The molecule has 1 aromatic rings. The first-order valence-corrected chi connectivity index (χ1v) is 5.59. The van der Waals surface area contributed by atoms with E-state index in [0.717, 1.165) is 25.9 Å². The summed E-state index contributed by atoms with van der Waals surface area (Å²) >= 11 is 5.82. The highest BCUT2D eigenvalue weighted by Gasteiger charge is 2.20. The van der Waals surface area contributed by atoms with E-state index in [2.05, 4.69) is 4.98 Å². The molecule has 0 aromatic carbocycles. The Morgan fingerprint density at radius 1 is 1.44 bits per heavy atom. The monoisotopic (exact) mass is 240 g/mol. The van der Waals surface area contributed by atoms with Gasteiger partial charge in [-0.25, -0.2) is 4.98 Å². The molecule has 0 bridgehead atoms. The van der Waals surface area contributed by atoms with Crippen molar-refractivity contribution in [1.29, 1.82) is 0 Å². The zero-order chi connectivity index (χ0) is 11.5. The quantitative estimate of drug-likeness (QED) is 0.743. The van der Waals surface area contributed by atoms with Gasteiger partial charge in [-0.1, -0.05) is 11.6 Å². The predicted molar refractivity (Wildman–Crippen MR) is 60.9 cm³/mol. The minimum absolute atomic E-state index is 0.0000926. The summed E-state index contributed by atoms with van der Waals surface area (Å²) in [6, 6.07) is 3.19. The fourth-order valence-corrected chi connectivity index (χ4v) is 2.00. The normalized spacial score (nSPS) is 15.2. The number of nitrogens with zero attached hydrogens (tertiary/aromatic N) is 2. The third kappa shape index (κ3) is 2.27. The smallest absolute Gasteiger partial charge is 0.254 e. The van der Waals surface area contributed by atoms with E-state index < -0.39 is 0 Å². The van der Waals surface area contributed by atoms with Crippen LogP contribution >= 0.6 is 11.6 Å². The minimum atomic E-state index is 0.0000926. The molecule has 0 unspecified atom stereocenters. The number of carbonyl (C=O) groups is 1. The Morgan fingerprint density at radius 2 is 2.12 bits per heavy atom. The summed E-state index contributed by atoms with van der Waals surface area (Å²) in [5.74, 6) is 0.371. The first kappa shape index (κ1) is 11.2. The number of carbonyl (C=O) groups excluding carboxylic acids is 1. The molecule has 86 valence electrons. The lowest BCUT2D eigenvalue weighted by Gasteiger charge is -2.15. The second-order valence-electron chi connectivity index (χ2n) is 3.72. The van der Waals surface area contributed by atoms with Crippen molar-refractivity contribution in [2.24, 2.45) is 0 Å². The van der Waals surface area contributed by atoms with Gasteiger partial charge in [0.1, 0.15) is 5.15 Å². The second kappa shape index (κ2) is 4.70. The van der Waals surface area contributed by atoms with E-state index in [-0.39, 0.29) is 11.1 Å².